The second kappa shape index (κ2) is 6.90. The summed E-state index contributed by atoms with van der Waals surface area (Å²) in [6, 6.07) is 6.23. The molecule has 2 amide bonds. The first-order chi connectivity index (χ1) is 11.9. The van der Waals surface area contributed by atoms with Crippen molar-refractivity contribution >= 4 is 17.7 Å². The van der Waals surface area contributed by atoms with E-state index in [0.717, 1.165) is 25.1 Å². The molecule has 2 unspecified atom stereocenters. The van der Waals surface area contributed by atoms with Crippen molar-refractivity contribution in [1.29, 1.82) is 0 Å². The van der Waals surface area contributed by atoms with Crippen LogP contribution in [0.2, 0.25) is 0 Å². The van der Waals surface area contributed by atoms with Crippen LogP contribution in [0.3, 0.4) is 0 Å². The maximum Gasteiger partial charge on any atom is 0.317 e. The lowest BCUT2D eigenvalue weighted by Crippen LogP contribution is -2.51. The number of aliphatic carboxylic acids is 1. The summed E-state index contributed by atoms with van der Waals surface area (Å²) in [6.45, 7) is 3.81. The SMILES string of the molecule is CC1(C(=O)O)CCN(C(=O)NC2CCCN(c3cccc(F)c3)C2)C1. The van der Waals surface area contributed by atoms with Gasteiger partial charge in [-0.1, -0.05) is 6.07 Å². The van der Waals surface area contributed by atoms with Crippen molar-refractivity contribution in [2.24, 2.45) is 5.41 Å². The van der Waals surface area contributed by atoms with Crippen molar-refractivity contribution in [3.63, 3.8) is 0 Å². The van der Waals surface area contributed by atoms with Gasteiger partial charge in [0.25, 0.3) is 0 Å². The predicted molar refractivity (Wildman–Crippen MR) is 92.1 cm³/mol. The molecule has 136 valence electrons. The second-order valence-corrected chi connectivity index (χ2v) is 7.25. The van der Waals surface area contributed by atoms with Crippen LogP contribution in [-0.2, 0) is 4.79 Å². The van der Waals surface area contributed by atoms with E-state index in [1.807, 2.05) is 6.07 Å². The Hall–Kier alpha value is -2.31. The van der Waals surface area contributed by atoms with Crippen LogP contribution in [0, 0.1) is 11.2 Å². The molecule has 25 heavy (non-hydrogen) atoms. The molecule has 2 atom stereocenters. The summed E-state index contributed by atoms with van der Waals surface area (Å²) >= 11 is 0. The van der Waals surface area contributed by atoms with E-state index < -0.39 is 11.4 Å². The first-order valence-corrected chi connectivity index (χ1v) is 8.67. The first-order valence-electron chi connectivity index (χ1n) is 8.67. The fourth-order valence-electron chi connectivity index (χ4n) is 3.58. The molecule has 0 aromatic heterocycles. The molecule has 0 aliphatic carbocycles. The predicted octanol–water partition coefficient (Wildman–Crippen LogP) is 2.30. The van der Waals surface area contributed by atoms with Crippen LogP contribution in [0.4, 0.5) is 14.9 Å². The molecule has 0 bridgehead atoms. The van der Waals surface area contributed by atoms with Crippen LogP contribution in [0.1, 0.15) is 26.2 Å². The number of nitrogens with zero attached hydrogens (tertiary/aromatic N) is 2. The van der Waals surface area contributed by atoms with Gasteiger partial charge in [-0.2, -0.15) is 0 Å². The molecule has 2 heterocycles. The quantitative estimate of drug-likeness (QED) is 0.878. The Balaban J connectivity index is 1.58. The molecule has 6 nitrogen and oxygen atoms in total. The minimum atomic E-state index is -0.864. The van der Waals surface area contributed by atoms with E-state index in [0.29, 0.717) is 19.5 Å². The highest BCUT2D eigenvalue weighted by Crippen LogP contribution is 2.30. The smallest absolute Gasteiger partial charge is 0.317 e. The third-order valence-corrected chi connectivity index (χ3v) is 5.20. The van der Waals surface area contributed by atoms with E-state index in [-0.39, 0.29) is 24.4 Å². The number of urea groups is 1. The number of carboxylic acid groups (broad SMARTS) is 1. The molecule has 0 radical (unpaired) electrons. The number of carbonyl (C=O) groups is 2. The van der Waals surface area contributed by atoms with Gasteiger partial charge in [0.15, 0.2) is 0 Å². The molecule has 2 aliphatic rings. The van der Waals surface area contributed by atoms with Crippen molar-refractivity contribution < 1.29 is 19.1 Å². The fraction of sp³-hybridized carbons (Fsp3) is 0.556. The summed E-state index contributed by atoms with van der Waals surface area (Å²) in [7, 11) is 0. The van der Waals surface area contributed by atoms with Crippen LogP contribution in [0.15, 0.2) is 24.3 Å². The van der Waals surface area contributed by atoms with Crippen LogP contribution >= 0.6 is 0 Å². The third kappa shape index (κ3) is 3.86. The molecular formula is C18H24FN3O3. The average Bonchev–Trinajstić information content (AvgIpc) is 2.99. The highest BCUT2D eigenvalue weighted by atomic mass is 19.1. The van der Waals surface area contributed by atoms with Gasteiger partial charge in [0.05, 0.1) is 5.41 Å². The Bertz CT molecular complexity index is 669. The van der Waals surface area contributed by atoms with Crippen molar-refractivity contribution in [2.45, 2.75) is 32.2 Å². The molecule has 3 rings (SSSR count). The molecule has 1 aromatic rings. The number of amides is 2. The van der Waals surface area contributed by atoms with E-state index in [1.165, 1.54) is 12.1 Å². The van der Waals surface area contributed by atoms with Crippen molar-refractivity contribution in [3.05, 3.63) is 30.1 Å². The number of anilines is 1. The number of hydrogen-bond donors (Lipinski definition) is 2. The zero-order valence-electron chi connectivity index (χ0n) is 14.4. The van der Waals surface area contributed by atoms with Crippen molar-refractivity contribution in [1.82, 2.24) is 10.2 Å². The number of carbonyl (C=O) groups excluding carboxylic acids is 1. The van der Waals surface area contributed by atoms with Gasteiger partial charge in [0, 0.05) is 37.9 Å². The van der Waals surface area contributed by atoms with Gasteiger partial charge in [-0.15, -0.1) is 0 Å². The van der Waals surface area contributed by atoms with Gasteiger partial charge < -0.3 is 20.2 Å². The number of carboxylic acids is 1. The lowest BCUT2D eigenvalue weighted by molar-refractivity contribution is -0.147. The summed E-state index contributed by atoms with van der Waals surface area (Å²) in [5, 5.41) is 12.3. The van der Waals surface area contributed by atoms with Crippen LogP contribution in [0.5, 0.6) is 0 Å². The summed E-state index contributed by atoms with van der Waals surface area (Å²) in [5.74, 6) is -1.13. The maximum absolute atomic E-state index is 13.4. The Morgan fingerprint density at radius 2 is 2.16 bits per heavy atom. The molecule has 0 saturated carbocycles. The van der Waals surface area contributed by atoms with Gasteiger partial charge in [-0.3, -0.25) is 4.79 Å². The Morgan fingerprint density at radius 1 is 1.36 bits per heavy atom. The molecule has 0 spiro atoms. The van der Waals surface area contributed by atoms with E-state index >= 15 is 0 Å². The number of rotatable bonds is 3. The Labute approximate surface area is 146 Å². The topological polar surface area (TPSA) is 72.9 Å². The highest BCUT2D eigenvalue weighted by Gasteiger charge is 2.42. The van der Waals surface area contributed by atoms with Gasteiger partial charge in [-0.25, -0.2) is 9.18 Å². The molecule has 7 heteroatoms. The van der Waals surface area contributed by atoms with Gasteiger partial charge in [0.2, 0.25) is 0 Å². The molecule has 2 N–H and O–H groups in total. The number of benzene rings is 1. The van der Waals surface area contributed by atoms with Gasteiger partial charge in [0.1, 0.15) is 5.82 Å². The normalized spacial score (nSPS) is 26.6. The summed E-state index contributed by atoms with van der Waals surface area (Å²) < 4.78 is 13.4. The molecule has 2 fully saturated rings. The number of halogens is 1. The molecular weight excluding hydrogens is 325 g/mol. The third-order valence-electron chi connectivity index (χ3n) is 5.20. The van der Waals surface area contributed by atoms with Crippen LogP contribution < -0.4 is 10.2 Å². The zero-order valence-corrected chi connectivity index (χ0v) is 14.4. The maximum atomic E-state index is 13.4. The summed E-state index contributed by atoms with van der Waals surface area (Å²) in [6.07, 6.45) is 2.24. The number of nitrogens with one attached hydrogen (secondary N) is 1. The first kappa shape index (κ1) is 17.5. The molecule has 2 aliphatic heterocycles. The zero-order chi connectivity index (χ0) is 18.0. The summed E-state index contributed by atoms with van der Waals surface area (Å²) in [4.78, 5) is 27.4. The van der Waals surface area contributed by atoms with Gasteiger partial charge >= 0.3 is 12.0 Å². The monoisotopic (exact) mass is 349 g/mol. The van der Waals surface area contributed by atoms with Crippen molar-refractivity contribution in [2.75, 3.05) is 31.1 Å². The summed E-state index contributed by atoms with van der Waals surface area (Å²) in [5.41, 5.74) is -0.0455. The van der Waals surface area contributed by atoms with E-state index in [9.17, 15) is 19.1 Å². The Kier molecular flexibility index (Phi) is 4.83. The standard InChI is InChI=1S/C18H24FN3O3/c1-18(16(23)24)7-9-22(12-18)17(25)20-14-5-3-8-21(11-14)15-6-2-4-13(19)10-15/h2,4,6,10,14H,3,5,7-9,11-12H2,1H3,(H,20,25)(H,23,24). The average molecular weight is 349 g/mol. The van der Waals surface area contributed by atoms with Gasteiger partial charge in [-0.05, 0) is 44.4 Å². The highest BCUT2D eigenvalue weighted by molar-refractivity contribution is 5.79. The fourth-order valence-corrected chi connectivity index (χ4v) is 3.58. The number of piperidine rings is 1. The van der Waals surface area contributed by atoms with Crippen LogP contribution in [0.25, 0.3) is 0 Å². The lowest BCUT2D eigenvalue weighted by Gasteiger charge is -2.35. The minimum absolute atomic E-state index is 0.0267. The number of likely N-dealkylation sites (tertiary alicyclic amines) is 1. The number of hydrogen-bond acceptors (Lipinski definition) is 3. The van der Waals surface area contributed by atoms with E-state index in [4.69, 9.17) is 0 Å². The van der Waals surface area contributed by atoms with Crippen LogP contribution in [-0.4, -0.2) is 54.2 Å². The second-order valence-electron chi connectivity index (χ2n) is 7.25. The minimum Gasteiger partial charge on any atom is -0.481 e. The van der Waals surface area contributed by atoms with E-state index in [1.54, 1.807) is 17.9 Å². The molecule has 1 aromatic carbocycles. The Morgan fingerprint density at radius 3 is 2.84 bits per heavy atom. The van der Waals surface area contributed by atoms with Crippen molar-refractivity contribution in [3.8, 4) is 0 Å². The van der Waals surface area contributed by atoms with E-state index in [2.05, 4.69) is 10.2 Å². The molecule has 2 saturated heterocycles. The largest absolute Gasteiger partial charge is 0.481 e. The lowest BCUT2D eigenvalue weighted by atomic mass is 9.90.